The van der Waals surface area contributed by atoms with Crippen LogP contribution in [0.4, 0.5) is 5.69 Å². The molecule has 1 amide bonds. The number of nitro groups is 1. The van der Waals surface area contributed by atoms with Crippen molar-refractivity contribution in [2.45, 2.75) is 50.2 Å². The van der Waals surface area contributed by atoms with Crippen LogP contribution in [-0.4, -0.2) is 47.5 Å². The lowest BCUT2D eigenvalue weighted by atomic mass is 9.98. The van der Waals surface area contributed by atoms with Crippen LogP contribution >= 0.6 is 11.6 Å². The maximum Gasteiger partial charge on any atom is 0.312 e. The Morgan fingerprint density at radius 2 is 2.08 bits per heavy atom. The van der Waals surface area contributed by atoms with Gasteiger partial charge in [-0.25, -0.2) is 0 Å². The van der Waals surface area contributed by atoms with Crippen LogP contribution in [-0.2, 0) is 4.79 Å². The van der Waals surface area contributed by atoms with E-state index in [4.69, 9.17) is 16.3 Å². The van der Waals surface area contributed by atoms with Crippen molar-refractivity contribution in [2.24, 2.45) is 0 Å². The van der Waals surface area contributed by atoms with Crippen LogP contribution < -0.4 is 10.1 Å². The highest BCUT2D eigenvalue weighted by Crippen LogP contribution is 2.31. The highest BCUT2D eigenvalue weighted by atomic mass is 35.5. The first kappa shape index (κ1) is 17.9. The Balaban J connectivity index is 1.52. The van der Waals surface area contributed by atoms with Crippen molar-refractivity contribution in [2.75, 3.05) is 13.7 Å². The van der Waals surface area contributed by atoms with Crippen molar-refractivity contribution in [1.29, 1.82) is 0 Å². The summed E-state index contributed by atoms with van der Waals surface area (Å²) in [5, 5.41) is 14.9. The minimum absolute atomic E-state index is 0.00270. The number of piperidine rings is 1. The third-order valence-electron chi connectivity index (χ3n) is 5.08. The smallest absolute Gasteiger partial charge is 0.312 e. The van der Waals surface area contributed by atoms with Crippen LogP contribution in [0.3, 0.4) is 0 Å². The minimum atomic E-state index is -0.542. The number of fused-ring (bicyclic) bond motifs is 2. The molecule has 3 rings (SSSR count). The Morgan fingerprint density at radius 1 is 1.40 bits per heavy atom. The molecular formula is C17H22ClN3O4. The number of hydrogen-bond acceptors (Lipinski definition) is 5. The molecule has 1 N–H and O–H groups in total. The molecule has 2 aliphatic rings. The molecule has 0 aliphatic carbocycles. The normalized spacial score (nSPS) is 24.8. The number of hydrogen-bond donors (Lipinski definition) is 1. The van der Waals surface area contributed by atoms with Gasteiger partial charge >= 0.3 is 5.69 Å². The van der Waals surface area contributed by atoms with Gasteiger partial charge in [-0.1, -0.05) is 11.6 Å². The summed E-state index contributed by atoms with van der Waals surface area (Å²) < 4.78 is 5.46. The van der Waals surface area contributed by atoms with Gasteiger partial charge in [0.15, 0.2) is 5.75 Å². The Morgan fingerprint density at radius 3 is 2.72 bits per heavy atom. The number of benzene rings is 1. The number of amides is 1. The minimum Gasteiger partial charge on any atom is -0.486 e. The second-order valence-electron chi connectivity index (χ2n) is 6.74. The Labute approximate surface area is 151 Å². The summed E-state index contributed by atoms with van der Waals surface area (Å²) in [6, 6.07) is 5.53. The summed E-state index contributed by atoms with van der Waals surface area (Å²) in [5.41, 5.74) is -0.191. The van der Waals surface area contributed by atoms with Crippen LogP contribution in [0.2, 0.25) is 5.02 Å². The SMILES string of the molecule is CN(C(=O)CCOc1ccc(Cl)cc1[N+](=O)[O-])C1CC2CCC(C1)N2. The third-order valence-corrected chi connectivity index (χ3v) is 5.32. The largest absolute Gasteiger partial charge is 0.486 e. The number of carbonyl (C=O) groups is 1. The van der Waals surface area contributed by atoms with Crippen LogP contribution in [0.1, 0.15) is 32.1 Å². The lowest BCUT2D eigenvalue weighted by Gasteiger charge is -2.35. The van der Waals surface area contributed by atoms with Gasteiger partial charge in [0.1, 0.15) is 0 Å². The molecule has 1 aromatic rings. The maximum atomic E-state index is 12.4. The lowest BCUT2D eigenvalue weighted by molar-refractivity contribution is -0.385. The standard InChI is InChI=1S/C17H22ClN3O4/c1-20(14-9-12-3-4-13(10-14)19-12)17(22)6-7-25-16-5-2-11(18)8-15(16)21(23)24/h2,5,8,12-14,19H,3-4,6-7,9-10H2,1H3. The highest BCUT2D eigenvalue weighted by Gasteiger charge is 2.36. The summed E-state index contributed by atoms with van der Waals surface area (Å²) >= 11 is 5.78. The number of nitrogens with zero attached hydrogens (tertiary/aromatic N) is 2. The number of carbonyl (C=O) groups excluding carboxylic acids is 1. The van der Waals surface area contributed by atoms with E-state index in [0.29, 0.717) is 12.1 Å². The van der Waals surface area contributed by atoms with Gasteiger partial charge in [0.25, 0.3) is 0 Å². The molecule has 2 heterocycles. The van der Waals surface area contributed by atoms with E-state index >= 15 is 0 Å². The van der Waals surface area contributed by atoms with Crippen LogP contribution in [0.25, 0.3) is 0 Å². The summed E-state index contributed by atoms with van der Waals surface area (Å²) in [7, 11) is 1.84. The van der Waals surface area contributed by atoms with E-state index in [9.17, 15) is 14.9 Å². The van der Waals surface area contributed by atoms with Gasteiger partial charge in [0, 0.05) is 36.3 Å². The van der Waals surface area contributed by atoms with Crippen molar-refractivity contribution in [3.8, 4) is 5.75 Å². The van der Waals surface area contributed by atoms with Gasteiger partial charge in [-0.3, -0.25) is 14.9 Å². The molecule has 1 aromatic carbocycles. The molecule has 7 nitrogen and oxygen atoms in total. The van der Waals surface area contributed by atoms with Crippen LogP contribution in [0.5, 0.6) is 5.75 Å². The molecule has 2 fully saturated rings. The molecule has 0 saturated carbocycles. The van der Waals surface area contributed by atoms with E-state index in [1.165, 1.54) is 31.0 Å². The van der Waals surface area contributed by atoms with Crippen molar-refractivity contribution < 1.29 is 14.5 Å². The molecule has 8 heteroatoms. The van der Waals surface area contributed by atoms with Crippen molar-refractivity contribution in [1.82, 2.24) is 10.2 Å². The van der Waals surface area contributed by atoms with E-state index in [0.717, 1.165) is 12.8 Å². The van der Waals surface area contributed by atoms with E-state index in [1.807, 2.05) is 11.9 Å². The number of nitro benzene ring substituents is 1. The van der Waals surface area contributed by atoms with Gasteiger partial charge in [-0.2, -0.15) is 0 Å². The Hall–Kier alpha value is -1.86. The van der Waals surface area contributed by atoms with Gasteiger partial charge < -0.3 is 15.0 Å². The van der Waals surface area contributed by atoms with E-state index < -0.39 is 4.92 Å². The quantitative estimate of drug-likeness (QED) is 0.617. The topological polar surface area (TPSA) is 84.7 Å². The van der Waals surface area contributed by atoms with E-state index in [1.54, 1.807) is 0 Å². The number of rotatable bonds is 6. The average Bonchev–Trinajstić information content (AvgIpc) is 2.93. The number of ether oxygens (including phenoxy) is 1. The van der Waals surface area contributed by atoms with Crippen LogP contribution in [0.15, 0.2) is 18.2 Å². The van der Waals surface area contributed by atoms with Gasteiger partial charge in [-0.15, -0.1) is 0 Å². The fourth-order valence-electron chi connectivity index (χ4n) is 3.73. The Bertz CT molecular complexity index is 657. The second-order valence-corrected chi connectivity index (χ2v) is 7.17. The number of halogens is 1. The van der Waals surface area contributed by atoms with Crippen molar-refractivity contribution >= 4 is 23.2 Å². The Kier molecular flexibility index (Phi) is 5.44. The zero-order valence-electron chi connectivity index (χ0n) is 14.1. The van der Waals surface area contributed by atoms with Crippen molar-refractivity contribution in [3.63, 3.8) is 0 Å². The van der Waals surface area contributed by atoms with Crippen molar-refractivity contribution in [3.05, 3.63) is 33.3 Å². The zero-order valence-corrected chi connectivity index (χ0v) is 14.9. The monoisotopic (exact) mass is 367 g/mol. The molecule has 2 aliphatic heterocycles. The molecule has 2 bridgehead atoms. The molecule has 0 radical (unpaired) electrons. The van der Waals surface area contributed by atoms with E-state index in [2.05, 4.69) is 5.32 Å². The first-order valence-corrected chi connectivity index (χ1v) is 8.90. The van der Waals surface area contributed by atoms with Gasteiger partial charge in [-0.05, 0) is 37.8 Å². The van der Waals surface area contributed by atoms with Gasteiger partial charge in [0.2, 0.25) is 5.91 Å². The van der Waals surface area contributed by atoms with Gasteiger partial charge in [0.05, 0.1) is 18.0 Å². The maximum absolute atomic E-state index is 12.4. The zero-order chi connectivity index (χ0) is 18.0. The lowest BCUT2D eigenvalue weighted by Crippen LogP contribution is -2.48. The molecule has 0 spiro atoms. The molecule has 25 heavy (non-hydrogen) atoms. The molecule has 2 atom stereocenters. The predicted octanol–water partition coefficient (Wildman–Crippen LogP) is 2.76. The van der Waals surface area contributed by atoms with E-state index in [-0.39, 0.29) is 41.4 Å². The number of nitrogens with one attached hydrogen (secondary N) is 1. The average molecular weight is 368 g/mol. The summed E-state index contributed by atoms with van der Waals surface area (Å²) in [4.78, 5) is 24.7. The molecular weight excluding hydrogens is 346 g/mol. The first-order valence-electron chi connectivity index (χ1n) is 8.52. The summed E-state index contributed by atoms with van der Waals surface area (Å²) in [6.07, 6.45) is 4.54. The fourth-order valence-corrected chi connectivity index (χ4v) is 3.89. The highest BCUT2D eigenvalue weighted by molar-refractivity contribution is 6.30. The fraction of sp³-hybridized carbons (Fsp3) is 0.588. The molecule has 2 unspecified atom stereocenters. The summed E-state index contributed by atoms with van der Waals surface area (Å²) in [5.74, 6) is 0.132. The third kappa shape index (κ3) is 4.22. The first-order chi connectivity index (χ1) is 11.9. The summed E-state index contributed by atoms with van der Waals surface area (Å²) in [6.45, 7) is 0.101. The molecule has 2 saturated heterocycles. The second kappa shape index (κ2) is 7.58. The molecule has 0 aromatic heterocycles. The molecule has 136 valence electrons. The predicted molar refractivity (Wildman–Crippen MR) is 94.0 cm³/mol. The van der Waals surface area contributed by atoms with Crippen LogP contribution in [0, 0.1) is 10.1 Å².